The molecule has 0 aromatic carbocycles. The zero-order valence-corrected chi connectivity index (χ0v) is 8.73. The highest BCUT2D eigenvalue weighted by atomic mass is 32.2. The molecule has 0 N–H and O–H groups in total. The molecule has 0 aromatic rings. The molecule has 1 nitrogen and oxygen atoms in total. The van der Waals surface area contributed by atoms with E-state index in [0.29, 0.717) is 0 Å². The van der Waals surface area contributed by atoms with E-state index in [2.05, 4.69) is 24.7 Å². The van der Waals surface area contributed by atoms with Gasteiger partial charge in [-0.2, -0.15) is 0 Å². The monoisotopic (exact) mass is 183 g/mol. The van der Waals surface area contributed by atoms with Crippen molar-refractivity contribution in [3.05, 3.63) is 11.5 Å². The van der Waals surface area contributed by atoms with E-state index in [1.807, 2.05) is 5.41 Å². The number of rotatable bonds is 6. The maximum Gasteiger partial charge on any atom is 0.0102 e. The minimum absolute atomic E-state index is 1.12. The molecule has 0 spiro atoms. The molecule has 0 saturated carbocycles. The van der Waals surface area contributed by atoms with Gasteiger partial charge in [-0.25, -0.2) is 0 Å². The van der Waals surface area contributed by atoms with Crippen molar-refractivity contribution < 1.29 is 0 Å². The Bertz CT molecular complexity index is 154. The average Bonchev–Trinajstić information content (AvgIpc) is 2.11. The van der Waals surface area contributed by atoms with Crippen molar-refractivity contribution in [2.24, 2.45) is 0 Å². The van der Waals surface area contributed by atoms with E-state index in [1.54, 1.807) is 17.8 Å². The number of nitrogens with zero attached hydrogens (tertiary/aromatic N) is 1. The van der Waals surface area contributed by atoms with Gasteiger partial charge in [-0.1, -0.05) is 19.8 Å². The van der Waals surface area contributed by atoms with Gasteiger partial charge in [-0.3, -0.25) is 0 Å². The summed E-state index contributed by atoms with van der Waals surface area (Å²) < 4.78 is 0. The summed E-state index contributed by atoms with van der Waals surface area (Å²) >= 11 is 1.77. The minimum atomic E-state index is 1.12. The van der Waals surface area contributed by atoms with Gasteiger partial charge < -0.3 is 4.90 Å². The van der Waals surface area contributed by atoms with Crippen LogP contribution in [0.15, 0.2) is 11.5 Å². The fourth-order valence-electron chi connectivity index (χ4n) is 0.877. The maximum atomic E-state index is 5.06. The summed E-state index contributed by atoms with van der Waals surface area (Å²) in [4.78, 5) is 2.40. The number of allylic oxidation sites excluding steroid dienone is 1. The lowest BCUT2D eigenvalue weighted by molar-refractivity contribution is 0.324. The van der Waals surface area contributed by atoms with Crippen LogP contribution in [-0.2, 0) is 0 Å². The van der Waals surface area contributed by atoms with Gasteiger partial charge in [-0.15, -0.1) is 18.2 Å². The van der Waals surface area contributed by atoms with Gasteiger partial charge in [0.05, 0.1) is 0 Å². The van der Waals surface area contributed by atoms with E-state index < -0.39 is 0 Å². The first-order chi connectivity index (χ1) is 5.85. The van der Waals surface area contributed by atoms with Crippen LogP contribution in [-0.4, -0.2) is 30.3 Å². The average molecular weight is 183 g/mol. The zero-order chi connectivity index (χ0) is 9.23. The van der Waals surface area contributed by atoms with E-state index in [0.717, 1.165) is 25.4 Å². The van der Waals surface area contributed by atoms with Crippen LogP contribution in [0.1, 0.15) is 13.8 Å². The SMILES string of the molecule is C#CC=CSCCN(CC)CC. The Morgan fingerprint density at radius 3 is 2.58 bits per heavy atom. The van der Waals surface area contributed by atoms with E-state index in [1.165, 1.54) is 0 Å². The molecule has 0 unspecified atom stereocenters. The van der Waals surface area contributed by atoms with Crippen molar-refractivity contribution >= 4 is 11.8 Å². The van der Waals surface area contributed by atoms with Crippen LogP contribution >= 0.6 is 11.8 Å². The van der Waals surface area contributed by atoms with Crippen molar-refractivity contribution in [2.75, 3.05) is 25.4 Å². The van der Waals surface area contributed by atoms with Gasteiger partial charge in [0.15, 0.2) is 0 Å². The number of terminal acetylenes is 1. The normalized spacial score (nSPS) is 10.8. The molecule has 0 saturated heterocycles. The first-order valence-electron chi connectivity index (χ1n) is 4.30. The van der Waals surface area contributed by atoms with E-state index >= 15 is 0 Å². The molecule has 2 heteroatoms. The van der Waals surface area contributed by atoms with Crippen LogP contribution in [0.3, 0.4) is 0 Å². The molecule has 0 aliphatic rings. The Hall–Kier alpha value is -0.390. The molecule has 0 radical (unpaired) electrons. The van der Waals surface area contributed by atoms with E-state index in [9.17, 15) is 0 Å². The summed E-state index contributed by atoms with van der Waals surface area (Å²) in [5.74, 6) is 3.59. The summed E-state index contributed by atoms with van der Waals surface area (Å²) in [7, 11) is 0. The molecule has 0 atom stereocenters. The van der Waals surface area contributed by atoms with Crippen LogP contribution in [0.4, 0.5) is 0 Å². The third kappa shape index (κ3) is 6.33. The predicted octanol–water partition coefficient (Wildman–Crippen LogP) is 2.21. The lowest BCUT2D eigenvalue weighted by atomic mass is 10.5. The second-order valence-electron chi connectivity index (χ2n) is 2.37. The van der Waals surface area contributed by atoms with Crippen molar-refractivity contribution in [1.82, 2.24) is 4.90 Å². The van der Waals surface area contributed by atoms with Crippen molar-refractivity contribution in [3.63, 3.8) is 0 Å². The minimum Gasteiger partial charge on any atom is -0.303 e. The number of thioether (sulfide) groups is 1. The molecule has 12 heavy (non-hydrogen) atoms. The van der Waals surface area contributed by atoms with Gasteiger partial charge in [-0.05, 0) is 24.6 Å². The maximum absolute atomic E-state index is 5.06. The second kappa shape index (κ2) is 8.70. The molecule has 0 amide bonds. The largest absolute Gasteiger partial charge is 0.303 e. The highest BCUT2D eigenvalue weighted by Gasteiger charge is 1.95. The van der Waals surface area contributed by atoms with Crippen molar-refractivity contribution in [2.45, 2.75) is 13.8 Å². The third-order valence-corrected chi connectivity index (χ3v) is 2.43. The molecular formula is C10H17NS. The van der Waals surface area contributed by atoms with Crippen LogP contribution in [0, 0.1) is 12.3 Å². The van der Waals surface area contributed by atoms with Crippen LogP contribution in [0.5, 0.6) is 0 Å². The van der Waals surface area contributed by atoms with Crippen LogP contribution in [0.2, 0.25) is 0 Å². The number of hydrogen-bond donors (Lipinski definition) is 0. The molecule has 0 aliphatic carbocycles. The topological polar surface area (TPSA) is 3.24 Å². The zero-order valence-electron chi connectivity index (χ0n) is 7.92. The summed E-state index contributed by atoms with van der Waals surface area (Å²) in [6, 6.07) is 0. The molecule has 0 rings (SSSR count). The van der Waals surface area contributed by atoms with Gasteiger partial charge in [0, 0.05) is 12.3 Å². The van der Waals surface area contributed by atoms with E-state index in [4.69, 9.17) is 6.42 Å². The fraction of sp³-hybridized carbons (Fsp3) is 0.600. The summed E-state index contributed by atoms with van der Waals surface area (Å²) in [6.07, 6.45) is 6.81. The van der Waals surface area contributed by atoms with Crippen LogP contribution < -0.4 is 0 Å². The summed E-state index contributed by atoms with van der Waals surface area (Å²) in [6.45, 7) is 7.79. The molecule has 0 fully saturated rings. The highest BCUT2D eigenvalue weighted by Crippen LogP contribution is 2.02. The van der Waals surface area contributed by atoms with Crippen LogP contribution in [0.25, 0.3) is 0 Å². The van der Waals surface area contributed by atoms with E-state index in [-0.39, 0.29) is 0 Å². The first kappa shape index (κ1) is 11.6. The standard InChI is InChI=1S/C10H17NS/c1-4-7-9-12-10-8-11(5-2)6-3/h1,7,9H,5-6,8,10H2,2-3H3. The summed E-state index contributed by atoms with van der Waals surface area (Å²) in [5, 5.41) is 1.98. The Balaban J connectivity index is 3.30. The molecule has 0 aliphatic heterocycles. The molecular weight excluding hydrogens is 166 g/mol. The Morgan fingerprint density at radius 1 is 1.42 bits per heavy atom. The quantitative estimate of drug-likeness (QED) is 0.459. The Labute approximate surface area is 80.2 Å². The third-order valence-electron chi connectivity index (χ3n) is 1.68. The smallest absolute Gasteiger partial charge is 0.0102 e. The predicted molar refractivity (Wildman–Crippen MR) is 58.2 cm³/mol. The second-order valence-corrected chi connectivity index (χ2v) is 3.38. The van der Waals surface area contributed by atoms with Crippen molar-refractivity contribution in [1.29, 1.82) is 0 Å². The summed E-state index contributed by atoms with van der Waals surface area (Å²) in [5.41, 5.74) is 0. The van der Waals surface area contributed by atoms with Crippen molar-refractivity contribution in [3.8, 4) is 12.3 Å². The molecule has 0 aromatic heterocycles. The fourth-order valence-corrected chi connectivity index (χ4v) is 1.55. The lowest BCUT2D eigenvalue weighted by Gasteiger charge is -2.16. The lowest BCUT2D eigenvalue weighted by Crippen LogP contribution is -2.25. The molecule has 68 valence electrons. The Morgan fingerprint density at radius 2 is 2.08 bits per heavy atom. The molecule has 0 bridgehead atoms. The highest BCUT2D eigenvalue weighted by molar-refractivity contribution is 8.02. The number of hydrogen-bond acceptors (Lipinski definition) is 2. The molecule has 0 heterocycles. The Kier molecular flexibility index (Phi) is 8.42. The van der Waals surface area contributed by atoms with Gasteiger partial charge in [0.2, 0.25) is 0 Å². The first-order valence-corrected chi connectivity index (χ1v) is 5.35. The van der Waals surface area contributed by atoms with Gasteiger partial charge in [0.1, 0.15) is 0 Å². The van der Waals surface area contributed by atoms with Gasteiger partial charge in [0.25, 0.3) is 0 Å². The van der Waals surface area contributed by atoms with Gasteiger partial charge >= 0.3 is 0 Å².